The number of fused-ring (bicyclic) bond motifs is 2. The number of Topliss-reactive ketones (excluding diaryl/α,β-unsaturated/α-hetero) is 2. The number of epoxide rings is 1. The molecular formula is C32H40N2O7. The number of carbonyl (C=O) groups excluding carboxylic acids is 3. The third-order valence-electron chi connectivity index (χ3n) is 8.22. The van der Waals surface area contributed by atoms with Crippen molar-refractivity contribution >= 4 is 23.4 Å². The van der Waals surface area contributed by atoms with E-state index in [4.69, 9.17) is 15.2 Å². The molecule has 1 aromatic heterocycles. The van der Waals surface area contributed by atoms with Gasteiger partial charge in [-0.2, -0.15) is 0 Å². The number of benzene rings is 1. The zero-order valence-corrected chi connectivity index (χ0v) is 23.9. The van der Waals surface area contributed by atoms with Crippen molar-refractivity contribution in [2.45, 2.75) is 88.9 Å². The van der Waals surface area contributed by atoms with Gasteiger partial charge in [0.1, 0.15) is 11.9 Å². The zero-order chi connectivity index (χ0) is 29.6. The quantitative estimate of drug-likeness (QED) is 0.0952. The molecule has 0 unspecified atom stereocenters. The van der Waals surface area contributed by atoms with E-state index in [1.165, 1.54) is 6.07 Å². The fraction of sp³-hybridized carbons (Fsp3) is 0.500. The molecule has 0 amide bonds. The van der Waals surface area contributed by atoms with E-state index >= 15 is 0 Å². The number of ether oxygens (including phenoxy) is 2. The molecule has 0 bridgehead atoms. The Balaban J connectivity index is 1.65. The predicted octanol–water partition coefficient (Wildman–Crippen LogP) is 4.15. The van der Waals surface area contributed by atoms with Crippen LogP contribution in [0.5, 0.6) is 0 Å². The van der Waals surface area contributed by atoms with Gasteiger partial charge in [-0.15, -0.1) is 0 Å². The van der Waals surface area contributed by atoms with E-state index in [0.29, 0.717) is 43.5 Å². The number of ketones is 2. The number of anilines is 1. The first-order chi connectivity index (χ1) is 19.7. The van der Waals surface area contributed by atoms with Gasteiger partial charge in [0.2, 0.25) is 5.78 Å². The van der Waals surface area contributed by atoms with Crippen LogP contribution < -0.4 is 5.73 Å². The summed E-state index contributed by atoms with van der Waals surface area (Å²) in [5.74, 6) is -1.54. The highest BCUT2D eigenvalue weighted by Crippen LogP contribution is 2.59. The van der Waals surface area contributed by atoms with Crippen molar-refractivity contribution < 1.29 is 34.1 Å². The molecule has 1 aromatic carbocycles. The highest BCUT2D eigenvalue weighted by Gasteiger charge is 2.85. The van der Waals surface area contributed by atoms with Crippen molar-refractivity contribution in [3.8, 4) is 0 Å². The van der Waals surface area contributed by atoms with Crippen molar-refractivity contribution in [3.05, 3.63) is 70.4 Å². The average molecular weight is 565 g/mol. The number of rotatable bonds is 15. The molecule has 1 aliphatic heterocycles. The number of aliphatic hydroxyl groups is 2. The van der Waals surface area contributed by atoms with Crippen molar-refractivity contribution in [2.24, 2.45) is 0 Å². The molecule has 4 rings (SSSR count). The normalized spacial score (nSPS) is 22.4. The van der Waals surface area contributed by atoms with Gasteiger partial charge in [0, 0.05) is 30.4 Å². The summed E-state index contributed by atoms with van der Waals surface area (Å²) in [6.07, 6.45) is 6.44. The van der Waals surface area contributed by atoms with E-state index in [0.717, 1.165) is 30.4 Å². The molecule has 2 aromatic rings. The number of nitrogen functional groups attached to an aromatic ring is 1. The van der Waals surface area contributed by atoms with Gasteiger partial charge in [-0.25, -0.2) is 9.78 Å². The minimum atomic E-state index is -2.11. The van der Waals surface area contributed by atoms with Crippen LogP contribution in [0.2, 0.25) is 0 Å². The lowest BCUT2D eigenvalue weighted by Gasteiger charge is -2.26. The first kappa shape index (κ1) is 30.6. The van der Waals surface area contributed by atoms with Crippen molar-refractivity contribution in [1.29, 1.82) is 0 Å². The Hall–Kier alpha value is -3.40. The van der Waals surface area contributed by atoms with Crippen LogP contribution in [0.15, 0.2) is 53.7 Å². The van der Waals surface area contributed by atoms with Gasteiger partial charge >= 0.3 is 5.97 Å². The molecule has 2 aliphatic rings. The second-order valence-corrected chi connectivity index (χ2v) is 11.0. The fourth-order valence-corrected chi connectivity index (χ4v) is 5.74. The largest absolute Gasteiger partial charge is 0.460 e. The number of aromatic nitrogens is 1. The number of aliphatic hydroxyl groups excluding tert-OH is 2. The maximum atomic E-state index is 14.0. The van der Waals surface area contributed by atoms with Crippen LogP contribution in [0.4, 0.5) is 5.82 Å². The van der Waals surface area contributed by atoms with Crippen LogP contribution in [0.3, 0.4) is 0 Å². The van der Waals surface area contributed by atoms with Crippen LogP contribution in [-0.2, 0) is 20.7 Å². The molecule has 220 valence electrons. The summed E-state index contributed by atoms with van der Waals surface area (Å²) < 4.78 is 11.9. The first-order valence-electron chi connectivity index (χ1n) is 14.4. The summed E-state index contributed by atoms with van der Waals surface area (Å²) in [5, 5.41) is 19.7. The SMILES string of the molecule is CCCCC[C@H](CCCO)OC(=O)[C@]12O[C@@]1(C/C(CO)=C(\C)CCc1ccnc(N)c1)C(=O)c1ccccc1C2=O. The number of unbranched alkanes of at least 4 members (excludes halogenated alkanes) is 2. The highest BCUT2D eigenvalue weighted by atomic mass is 16.7. The summed E-state index contributed by atoms with van der Waals surface area (Å²) in [6.45, 7) is 3.52. The standard InChI is InChI=1S/C32H40N2O7/c1-3-4-5-9-24(10-8-17-35)40-30(39)32-29(38)26-12-7-6-11-25(26)28(37)31(32,41-32)19-23(20-36)21(2)13-14-22-15-16-34-27(33)18-22/h6-7,11-12,15-16,18,24,35-36H,3-5,8-10,13-14,17,19-20H2,1-2H3,(H2,33,34)/b23-21-/t24-,31+,32+/m1/s1. The Bertz CT molecular complexity index is 1320. The Morgan fingerprint density at radius 3 is 2.44 bits per heavy atom. The lowest BCUT2D eigenvalue weighted by molar-refractivity contribution is -0.154. The molecule has 4 N–H and O–H groups in total. The van der Waals surface area contributed by atoms with E-state index in [1.54, 1.807) is 30.5 Å². The Kier molecular flexibility index (Phi) is 9.73. The monoisotopic (exact) mass is 564 g/mol. The first-order valence-corrected chi connectivity index (χ1v) is 14.4. The minimum absolute atomic E-state index is 0.0474. The number of aryl methyl sites for hydroxylation is 1. The molecule has 0 saturated carbocycles. The van der Waals surface area contributed by atoms with Gasteiger partial charge in [-0.3, -0.25) is 9.59 Å². The zero-order valence-electron chi connectivity index (χ0n) is 23.9. The lowest BCUT2D eigenvalue weighted by Crippen LogP contribution is -2.51. The van der Waals surface area contributed by atoms with E-state index in [1.807, 2.05) is 13.0 Å². The number of hydrogen-bond acceptors (Lipinski definition) is 9. The highest BCUT2D eigenvalue weighted by molar-refractivity contribution is 6.32. The molecule has 3 atom stereocenters. The molecule has 1 saturated heterocycles. The van der Waals surface area contributed by atoms with Crippen molar-refractivity contribution in [2.75, 3.05) is 18.9 Å². The molecule has 2 heterocycles. The molecule has 41 heavy (non-hydrogen) atoms. The summed E-state index contributed by atoms with van der Waals surface area (Å²) in [6, 6.07) is 10.0. The van der Waals surface area contributed by atoms with Crippen molar-refractivity contribution in [1.82, 2.24) is 4.98 Å². The summed E-state index contributed by atoms with van der Waals surface area (Å²) in [4.78, 5) is 45.7. The second-order valence-electron chi connectivity index (χ2n) is 11.0. The van der Waals surface area contributed by atoms with Gasteiger partial charge in [0.25, 0.3) is 5.60 Å². The third kappa shape index (κ3) is 5.98. The van der Waals surface area contributed by atoms with E-state index in [9.17, 15) is 24.6 Å². The number of nitrogens with zero attached hydrogens (tertiary/aromatic N) is 1. The van der Waals surface area contributed by atoms with Gasteiger partial charge < -0.3 is 25.4 Å². The predicted molar refractivity (Wildman–Crippen MR) is 153 cm³/mol. The average Bonchev–Trinajstić information content (AvgIpc) is 3.68. The molecule has 1 aliphatic carbocycles. The van der Waals surface area contributed by atoms with Gasteiger partial charge in [-0.1, -0.05) is 49.6 Å². The number of hydrogen-bond donors (Lipinski definition) is 3. The number of nitrogens with two attached hydrogens (primary N) is 1. The van der Waals surface area contributed by atoms with Crippen molar-refractivity contribution in [3.63, 3.8) is 0 Å². The van der Waals surface area contributed by atoms with Gasteiger partial charge in [0.05, 0.1) is 6.61 Å². The Morgan fingerprint density at radius 1 is 1.07 bits per heavy atom. The Labute approximate surface area is 240 Å². The summed E-state index contributed by atoms with van der Waals surface area (Å²) in [5.41, 5.74) is 4.55. The Morgan fingerprint density at radius 2 is 1.78 bits per heavy atom. The fourth-order valence-electron chi connectivity index (χ4n) is 5.74. The van der Waals surface area contributed by atoms with Gasteiger partial charge in [0.15, 0.2) is 11.4 Å². The van der Waals surface area contributed by atoms with E-state index in [-0.39, 0.29) is 30.8 Å². The topological polar surface area (TPSA) is 152 Å². The number of allylic oxidation sites excluding steroid dienone is 1. The van der Waals surface area contributed by atoms with Crippen LogP contribution in [-0.4, -0.2) is 63.3 Å². The summed E-state index contributed by atoms with van der Waals surface area (Å²) in [7, 11) is 0. The molecule has 9 heteroatoms. The number of esters is 1. The molecule has 0 spiro atoms. The second kappa shape index (κ2) is 13.1. The van der Waals surface area contributed by atoms with Crippen LogP contribution >= 0.6 is 0 Å². The molecule has 1 fully saturated rings. The van der Waals surface area contributed by atoms with Gasteiger partial charge in [-0.05, 0) is 68.7 Å². The smallest absolute Gasteiger partial charge is 0.350 e. The maximum absolute atomic E-state index is 14.0. The van der Waals surface area contributed by atoms with E-state index in [2.05, 4.69) is 11.9 Å². The minimum Gasteiger partial charge on any atom is -0.460 e. The number of carbonyl (C=O) groups is 3. The number of pyridine rings is 1. The maximum Gasteiger partial charge on any atom is 0.350 e. The van der Waals surface area contributed by atoms with Crippen LogP contribution in [0.25, 0.3) is 0 Å². The summed E-state index contributed by atoms with van der Waals surface area (Å²) >= 11 is 0. The lowest BCUT2D eigenvalue weighted by atomic mass is 9.71. The van der Waals surface area contributed by atoms with Crippen LogP contribution in [0, 0.1) is 0 Å². The third-order valence-corrected chi connectivity index (χ3v) is 8.22. The molecule has 0 radical (unpaired) electrons. The van der Waals surface area contributed by atoms with Crippen LogP contribution in [0.1, 0.15) is 91.5 Å². The molecular weight excluding hydrogens is 524 g/mol. The van der Waals surface area contributed by atoms with E-state index < -0.39 is 34.8 Å². The molecule has 9 nitrogen and oxygen atoms in total.